The van der Waals surface area contributed by atoms with Gasteiger partial charge in [0, 0.05) is 25.2 Å². The summed E-state index contributed by atoms with van der Waals surface area (Å²) in [7, 11) is 1.93. The van der Waals surface area contributed by atoms with Crippen molar-refractivity contribution in [3.8, 4) is 0 Å². The number of ether oxygens (including phenoxy) is 1. The second-order valence-electron chi connectivity index (χ2n) is 6.38. The van der Waals surface area contributed by atoms with E-state index in [0.29, 0.717) is 5.41 Å². The van der Waals surface area contributed by atoms with Crippen LogP contribution in [-0.4, -0.2) is 26.8 Å². The molecule has 2 fully saturated rings. The van der Waals surface area contributed by atoms with E-state index in [1.54, 1.807) is 6.07 Å². The molecule has 1 aromatic rings. The van der Waals surface area contributed by atoms with Gasteiger partial charge in [0.15, 0.2) is 0 Å². The number of benzene rings is 1. The number of rotatable bonds is 3. The third kappa shape index (κ3) is 2.26. The van der Waals surface area contributed by atoms with Gasteiger partial charge in [0.1, 0.15) is 5.82 Å². The third-order valence-corrected chi connectivity index (χ3v) is 5.31. The van der Waals surface area contributed by atoms with Crippen LogP contribution in [0.3, 0.4) is 0 Å². The highest BCUT2D eigenvalue weighted by atomic mass is 35.5. The van der Waals surface area contributed by atoms with Gasteiger partial charge in [-0.05, 0) is 49.8 Å². The maximum absolute atomic E-state index is 14.4. The number of halogens is 2. The third-order valence-electron chi connectivity index (χ3n) is 5.02. The molecule has 1 saturated heterocycles. The second kappa shape index (κ2) is 5.28. The summed E-state index contributed by atoms with van der Waals surface area (Å²) in [4.78, 5) is 0. The zero-order valence-electron chi connectivity index (χ0n) is 11.8. The first-order valence-electron chi connectivity index (χ1n) is 7.28. The predicted octanol–water partition coefficient (Wildman–Crippen LogP) is 3.53. The lowest BCUT2D eigenvalue weighted by Crippen LogP contribution is -2.56. The Hall–Kier alpha value is -0.640. The molecule has 4 heteroatoms. The molecule has 2 nitrogen and oxygen atoms in total. The van der Waals surface area contributed by atoms with Crippen molar-refractivity contribution in [1.82, 2.24) is 5.32 Å². The average molecular weight is 298 g/mol. The molecule has 0 bridgehead atoms. The smallest absolute Gasteiger partial charge is 0.145 e. The van der Waals surface area contributed by atoms with Crippen LogP contribution >= 0.6 is 11.6 Å². The molecular formula is C16H21ClFNO. The molecule has 2 aliphatic rings. The van der Waals surface area contributed by atoms with Crippen molar-refractivity contribution in [3.63, 3.8) is 0 Å². The summed E-state index contributed by atoms with van der Waals surface area (Å²) in [6.07, 6.45) is 4.25. The molecule has 0 radical (unpaired) electrons. The minimum atomic E-state index is -0.244. The Kier molecular flexibility index (Phi) is 3.78. The minimum Gasteiger partial charge on any atom is -0.381 e. The molecule has 110 valence electrons. The summed E-state index contributed by atoms with van der Waals surface area (Å²) in [6, 6.07) is 5.37. The van der Waals surface area contributed by atoms with Crippen molar-refractivity contribution in [2.75, 3.05) is 26.8 Å². The Balaban J connectivity index is 1.89. The van der Waals surface area contributed by atoms with Crippen molar-refractivity contribution < 1.29 is 9.13 Å². The average Bonchev–Trinajstić information content (AvgIpc) is 2.41. The first-order valence-corrected chi connectivity index (χ1v) is 7.66. The van der Waals surface area contributed by atoms with E-state index in [4.69, 9.17) is 16.3 Å². The van der Waals surface area contributed by atoms with Crippen LogP contribution in [0.2, 0.25) is 5.02 Å². The summed E-state index contributed by atoms with van der Waals surface area (Å²) >= 11 is 5.96. The SMILES string of the molecule is CNCC1(c2cccc(Cl)c2F)CC2(CCOCC2)C1. The monoisotopic (exact) mass is 297 g/mol. The first kappa shape index (κ1) is 14.3. The van der Waals surface area contributed by atoms with Crippen LogP contribution in [-0.2, 0) is 10.2 Å². The Morgan fingerprint density at radius 1 is 1.30 bits per heavy atom. The molecular weight excluding hydrogens is 277 g/mol. The number of hydrogen-bond donors (Lipinski definition) is 1. The Morgan fingerprint density at radius 3 is 2.65 bits per heavy atom. The van der Waals surface area contributed by atoms with Crippen molar-refractivity contribution >= 4 is 11.6 Å². The van der Waals surface area contributed by atoms with Gasteiger partial charge in [0.05, 0.1) is 5.02 Å². The zero-order chi connectivity index (χ0) is 14.2. The largest absolute Gasteiger partial charge is 0.381 e. The fraction of sp³-hybridized carbons (Fsp3) is 0.625. The van der Waals surface area contributed by atoms with Crippen LogP contribution in [0.15, 0.2) is 18.2 Å². The van der Waals surface area contributed by atoms with Gasteiger partial charge >= 0.3 is 0 Å². The lowest BCUT2D eigenvalue weighted by atomic mass is 9.48. The van der Waals surface area contributed by atoms with Gasteiger partial charge in [-0.1, -0.05) is 23.7 Å². The number of hydrogen-bond acceptors (Lipinski definition) is 2. The van der Waals surface area contributed by atoms with Crippen LogP contribution < -0.4 is 5.32 Å². The highest BCUT2D eigenvalue weighted by Crippen LogP contribution is 2.60. The Labute approximate surface area is 124 Å². The molecule has 1 aliphatic carbocycles. The van der Waals surface area contributed by atoms with E-state index >= 15 is 0 Å². The molecule has 1 aliphatic heterocycles. The second-order valence-corrected chi connectivity index (χ2v) is 6.79. The van der Waals surface area contributed by atoms with Gasteiger partial charge in [-0.15, -0.1) is 0 Å². The molecule has 20 heavy (non-hydrogen) atoms. The summed E-state index contributed by atoms with van der Waals surface area (Å²) < 4.78 is 19.9. The van der Waals surface area contributed by atoms with E-state index in [2.05, 4.69) is 5.32 Å². The van der Waals surface area contributed by atoms with E-state index in [1.807, 2.05) is 19.2 Å². The van der Waals surface area contributed by atoms with E-state index in [0.717, 1.165) is 51.0 Å². The summed E-state index contributed by atoms with van der Waals surface area (Å²) in [5, 5.41) is 3.46. The Bertz CT molecular complexity index is 491. The van der Waals surface area contributed by atoms with Gasteiger partial charge in [0.2, 0.25) is 0 Å². The van der Waals surface area contributed by atoms with Crippen molar-refractivity contribution in [2.24, 2.45) is 5.41 Å². The van der Waals surface area contributed by atoms with Gasteiger partial charge < -0.3 is 10.1 Å². The normalized spacial score (nSPS) is 23.6. The number of nitrogens with one attached hydrogen (secondary N) is 1. The molecule has 1 aromatic carbocycles. The quantitative estimate of drug-likeness (QED) is 0.921. The standard InChI is InChI=1S/C16H21ClFNO/c1-19-11-16(12-3-2-4-13(17)14(12)18)9-15(10-16)5-7-20-8-6-15/h2-4,19H,5-11H2,1H3. The molecule has 0 amide bonds. The van der Waals surface area contributed by atoms with Gasteiger partial charge in [0.25, 0.3) is 0 Å². The van der Waals surface area contributed by atoms with E-state index in [9.17, 15) is 4.39 Å². The van der Waals surface area contributed by atoms with E-state index < -0.39 is 0 Å². The Morgan fingerprint density at radius 2 is 2.00 bits per heavy atom. The van der Waals surface area contributed by atoms with Gasteiger partial charge in [-0.25, -0.2) is 4.39 Å². The molecule has 1 N–H and O–H groups in total. The lowest BCUT2D eigenvalue weighted by Gasteiger charge is -2.58. The molecule has 3 rings (SSSR count). The lowest BCUT2D eigenvalue weighted by molar-refractivity contribution is -0.0741. The molecule has 1 spiro atoms. The zero-order valence-corrected chi connectivity index (χ0v) is 12.6. The van der Waals surface area contributed by atoms with Crippen LogP contribution in [0.4, 0.5) is 4.39 Å². The van der Waals surface area contributed by atoms with Gasteiger partial charge in [-0.2, -0.15) is 0 Å². The van der Waals surface area contributed by atoms with Gasteiger partial charge in [-0.3, -0.25) is 0 Å². The van der Waals surface area contributed by atoms with Crippen LogP contribution in [0.1, 0.15) is 31.2 Å². The molecule has 1 saturated carbocycles. The summed E-state index contributed by atoms with van der Waals surface area (Å²) in [6.45, 7) is 2.48. The van der Waals surface area contributed by atoms with Crippen molar-refractivity contribution in [2.45, 2.75) is 31.1 Å². The topological polar surface area (TPSA) is 21.3 Å². The fourth-order valence-corrected chi connectivity index (χ4v) is 4.38. The molecule has 0 unspecified atom stereocenters. The highest BCUT2D eigenvalue weighted by Gasteiger charge is 2.55. The van der Waals surface area contributed by atoms with Crippen LogP contribution in [0.5, 0.6) is 0 Å². The minimum absolute atomic E-state index is 0.110. The van der Waals surface area contributed by atoms with Crippen LogP contribution in [0, 0.1) is 11.2 Å². The fourth-order valence-electron chi connectivity index (χ4n) is 4.20. The molecule has 1 heterocycles. The van der Waals surface area contributed by atoms with Crippen molar-refractivity contribution in [3.05, 3.63) is 34.6 Å². The van der Waals surface area contributed by atoms with Crippen molar-refractivity contribution in [1.29, 1.82) is 0 Å². The predicted molar refractivity (Wildman–Crippen MR) is 78.7 cm³/mol. The van der Waals surface area contributed by atoms with E-state index in [1.165, 1.54) is 0 Å². The molecule has 0 atom stereocenters. The van der Waals surface area contributed by atoms with Crippen LogP contribution in [0.25, 0.3) is 0 Å². The summed E-state index contributed by atoms with van der Waals surface area (Å²) in [5.74, 6) is -0.244. The van der Waals surface area contributed by atoms with E-state index in [-0.39, 0.29) is 16.3 Å². The number of likely N-dealkylation sites (N-methyl/N-ethyl adjacent to an activating group) is 1. The molecule has 0 aromatic heterocycles. The maximum atomic E-state index is 14.4. The highest BCUT2D eigenvalue weighted by molar-refractivity contribution is 6.30. The first-order chi connectivity index (χ1) is 9.61. The summed E-state index contributed by atoms with van der Waals surface area (Å²) in [5.41, 5.74) is 1.02. The maximum Gasteiger partial charge on any atom is 0.145 e.